The highest BCUT2D eigenvalue weighted by Crippen LogP contribution is 2.50. The summed E-state index contributed by atoms with van der Waals surface area (Å²) in [5.74, 6) is 0. The molecule has 0 saturated heterocycles. The largest absolute Gasteiger partial charge is 0.288 e. The molecular weight excluding hydrogens is 572 g/mol. The molecule has 206 valence electrons. The zero-order chi connectivity index (χ0) is 30.0. The number of halogens is 1. The summed E-state index contributed by atoms with van der Waals surface area (Å²) in [6.45, 7) is 1.82. The molecule has 0 aromatic heterocycles. The van der Waals surface area contributed by atoms with Crippen molar-refractivity contribution < 1.29 is 13.3 Å². The Balaban J connectivity index is 1.97. The van der Waals surface area contributed by atoms with Crippen molar-refractivity contribution in [1.29, 1.82) is 10.5 Å². The number of rotatable bonds is 6. The van der Waals surface area contributed by atoms with Gasteiger partial charge in [-0.2, -0.15) is 10.5 Å². The second-order valence-electron chi connectivity index (χ2n) is 9.45. The van der Waals surface area contributed by atoms with Crippen LogP contribution in [0.25, 0.3) is 11.3 Å². The Morgan fingerprint density at radius 3 is 2.05 bits per heavy atom. The first kappa shape index (κ1) is 28.3. The van der Waals surface area contributed by atoms with E-state index in [0.717, 1.165) is 15.9 Å². The van der Waals surface area contributed by atoms with E-state index in [0.29, 0.717) is 11.1 Å². The monoisotopic (exact) mass is 592 g/mol. The predicted octanol–water partition coefficient (Wildman–Crippen LogP) is 7.21. The summed E-state index contributed by atoms with van der Waals surface area (Å²) in [5.41, 5.74) is 1.46. The van der Waals surface area contributed by atoms with Gasteiger partial charge in [-0.05, 0) is 36.2 Å². The quantitative estimate of drug-likeness (QED) is 0.172. The van der Waals surface area contributed by atoms with Crippen LogP contribution in [0.15, 0.2) is 119 Å². The molecular formula is C32H21ClN4O4S. The van der Waals surface area contributed by atoms with E-state index >= 15 is 0 Å². The maximum atomic E-state index is 14.6. The van der Waals surface area contributed by atoms with Crippen LogP contribution in [-0.4, -0.2) is 17.6 Å². The zero-order valence-corrected chi connectivity index (χ0v) is 23.7. The number of sulfonamides is 1. The third-order valence-corrected chi connectivity index (χ3v) is 8.99. The summed E-state index contributed by atoms with van der Waals surface area (Å²) in [6.07, 6.45) is 0. The normalized spacial score (nSPS) is 15.2. The summed E-state index contributed by atoms with van der Waals surface area (Å²) >= 11 is 6.13. The van der Waals surface area contributed by atoms with Crippen LogP contribution in [0.2, 0.25) is 5.02 Å². The Hall–Kier alpha value is -5.22. The van der Waals surface area contributed by atoms with Gasteiger partial charge in [0.15, 0.2) is 0 Å². The van der Waals surface area contributed by atoms with E-state index < -0.39 is 26.7 Å². The topological polar surface area (TPSA) is 128 Å². The predicted molar refractivity (Wildman–Crippen MR) is 159 cm³/mol. The third-order valence-electron chi connectivity index (χ3n) is 6.89. The Morgan fingerprint density at radius 1 is 0.857 bits per heavy atom. The van der Waals surface area contributed by atoms with Crippen molar-refractivity contribution in [2.24, 2.45) is 0 Å². The highest BCUT2D eigenvalue weighted by molar-refractivity contribution is 7.89. The van der Waals surface area contributed by atoms with Crippen LogP contribution in [0.1, 0.15) is 28.3 Å². The van der Waals surface area contributed by atoms with E-state index in [4.69, 9.17) is 11.6 Å². The molecule has 0 N–H and O–H groups in total. The zero-order valence-electron chi connectivity index (χ0n) is 22.1. The average Bonchev–Trinajstić information content (AvgIpc) is 3.00. The molecule has 4 aromatic carbocycles. The molecule has 0 aliphatic carbocycles. The number of hydrogen-bond donors (Lipinski definition) is 0. The standard InChI is InChI=1S/C32H21ClN4O4S/c1-21-12-15-25(16-13-21)42(40,41)36-31(23-10-6-3-7-11-23)26(19-34)30(22-8-4-2-5-9-22)27(20-35)32(36)24-14-17-28(33)29(18-24)37(38)39/h2-18,31H,1H3. The van der Waals surface area contributed by atoms with E-state index in [9.17, 15) is 29.1 Å². The van der Waals surface area contributed by atoms with Crippen molar-refractivity contribution in [3.63, 3.8) is 0 Å². The molecule has 5 rings (SSSR count). The van der Waals surface area contributed by atoms with Crippen molar-refractivity contribution in [1.82, 2.24) is 4.31 Å². The number of nitro groups is 1. The number of aryl methyl sites for hydroxylation is 1. The third kappa shape index (κ3) is 4.92. The van der Waals surface area contributed by atoms with Crippen molar-refractivity contribution in [3.8, 4) is 12.1 Å². The lowest BCUT2D eigenvalue weighted by Gasteiger charge is -2.39. The molecule has 0 bridgehead atoms. The van der Waals surface area contributed by atoms with Gasteiger partial charge in [0.25, 0.3) is 15.7 Å². The van der Waals surface area contributed by atoms with Gasteiger partial charge in [0.05, 0.1) is 32.7 Å². The van der Waals surface area contributed by atoms with Gasteiger partial charge in [0, 0.05) is 17.2 Å². The molecule has 0 radical (unpaired) electrons. The first-order chi connectivity index (χ1) is 20.2. The van der Waals surface area contributed by atoms with Crippen LogP contribution in [-0.2, 0) is 10.0 Å². The van der Waals surface area contributed by atoms with Crippen LogP contribution in [0.4, 0.5) is 5.69 Å². The van der Waals surface area contributed by atoms with Crippen LogP contribution >= 0.6 is 11.6 Å². The van der Waals surface area contributed by atoms with Crippen LogP contribution < -0.4 is 0 Å². The van der Waals surface area contributed by atoms with E-state index in [1.165, 1.54) is 24.3 Å². The van der Waals surface area contributed by atoms with Crippen LogP contribution in [0, 0.1) is 39.7 Å². The molecule has 0 spiro atoms. The Morgan fingerprint density at radius 2 is 1.48 bits per heavy atom. The van der Waals surface area contributed by atoms with Gasteiger partial charge in [0.2, 0.25) is 0 Å². The Labute approximate surface area is 247 Å². The molecule has 4 aromatic rings. The number of allylic oxidation sites excluding steroid dienone is 2. The van der Waals surface area contributed by atoms with Crippen molar-refractivity contribution in [2.45, 2.75) is 17.9 Å². The number of benzene rings is 4. The minimum Gasteiger partial charge on any atom is -0.258 e. The van der Waals surface area contributed by atoms with E-state index in [1.807, 2.05) is 6.92 Å². The van der Waals surface area contributed by atoms with E-state index in [-0.39, 0.29) is 37.9 Å². The SMILES string of the molecule is Cc1ccc(S(=O)(=O)N2C(c3ccc(Cl)c([N+](=O)[O-])c3)=C(C#N)C(c3ccccc3)=C(C#N)C2c2ccccc2)cc1. The van der Waals surface area contributed by atoms with Gasteiger partial charge in [-0.1, -0.05) is 96.0 Å². The smallest absolute Gasteiger partial charge is 0.258 e. The van der Waals surface area contributed by atoms with Gasteiger partial charge < -0.3 is 0 Å². The van der Waals surface area contributed by atoms with E-state index in [1.54, 1.807) is 72.8 Å². The lowest BCUT2D eigenvalue weighted by Crippen LogP contribution is -2.38. The highest BCUT2D eigenvalue weighted by atomic mass is 35.5. The summed E-state index contributed by atoms with van der Waals surface area (Å²) in [5, 5.41) is 32.9. The first-order valence-electron chi connectivity index (χ1n) is 12.6. The van der Waals surface area contributed by atoms with Crippen molar-refractivity contribution in [2.75, 3.05) is 0 Å². The fourth-order valence-electron chi connectivity index (χ4n) is 4.97. The highest BCUT2D eigenvalue weighted by Gasteiger charge is 2.44. The van der Waals surface area contributed by atoms with Gasteiger partial charge in [0.1, 0.15) is 17.1 Å². The molecule has 0 amide bonds. The van der Waals surface area contributed by atoms with Gasteiger partial charge >= 0.3 is 0 Å². The van der Waals surface area contributed by atoms with Gasteiger partial charge in [-0.15, -0.1) is 0 Å². The Kier molecular flexibility index (Phi) is 7.64. The molecule has 1 heterocycles. The Bertz CT molecular complexity index is 1960. The molecule has 42 heavy (non-hydrogen) atoms. The summed E-state index contributed by atoms with van der Waals surface area (Å²) in [6, 6.07) is 30.5. The minimum absolute atomic E-state index is 0.0341. The molecule has 1 aliphatic heterocycles. The average molecular weight is 593 g/mol. The molecule has 1 atom stereocenters. The number of nitrogens with zero attached hydrogens (tertiary/aromatic N) is 4. The second kappa shape index (κ2) is 11.3. The lowest BCUT2D eigenvalue weighted by molar-refractivity contribution is -0.384. The fraction of sp³-hybridized carbons (Fsp3) is 0.0625. The van der Waals surface area contributed by atoms with Crippen molar-refractivity contribution >= 4 is 38.6 Å². The summed E-state index contributed by atoms with van der Waals surface area (Å²) < 4.78 is 30.2. The van der Waals surface area contributed by atoms with Crippen LogP contribution in [0.3, 0.4) is 0 Å². The summed E-state index contributed by atoms with van der Waals surface area (Å²) in [4.78, 5) is 11.1. The van der Waals surface area contributed by atoms with Crippen LogP contribution in [0.5, 0.6) is 0 Å². The lowest BCUT2D eigenvalue weighted by atomic mass is 9.82. The number of nitriles is 2. The second-order valence-corrected chi connectivity index (χ2v) is 11.7. The minimum atomic E-state index is -4.47. The summed E-state index contributed by atoms with van der Waals surface area (Å²) in [7, 11) is -4.47. The number of hydrogen-bond acceptors (Lipinski definition) is 6. The van der Waals surface area contributed by atoms with Gasteiger partial charge in [-0.3, -0.25) is 14.4 Å². The maximum absolute atomic E-state index is 14.6. The number of nitro benzene ring substituents is 1. The molecule has 1 aliphatic rings. The maximum Gasteiger partial charge on any atom is 0.288 e. The van der Waals surface area contributed by atoms with Gasteiger partial charge in [-0.25, -0.2) is 8.42 Å². The van der Waals surface area contributed by atoms with E-state index in [2.05, 4.69) is 12.1 Å². The molecule has 0 saturated carbocycles. The fourth-order valence-corrected chi connectivity index (χ4v) is 6.80. The molecule has 10 heteroatoms. The molecule has 1 unspecified atom stereocenters. The molecule has 0 fully saturated rings. The van der Waals surface area contributed by atoms with Crippen molar-refractivity contribution in [3.05, 3.63) is 152 Å². The first-order valence-corrected chi connectivity index (χ1v) is 14.5. The molecule has 8 nitrogen and oxygen atoms in total.